The average Bonchev–Trinajstić information content (AvgIpc) is 2.57. The topological polar surface area (TPSA) is 34.1 Å². The van der Waals surface area contributed by atoms with Gasteiger partial charge in [-0.3, -0.25) is 5.01 Å². The number of nitrogens with zero attached hydrogens (tertiary/aromatic N) is 2. The number of morpholine rings is 1. The second kappa shape index (κ2) is 7.29. The van der Waals surface area contributed by atoms with Gasteiger partial charge in [-0.2, -0.15) is 5.10 Å². The Morgan fingerprint density at radius 3 is 2.59 bits per heavy atom. The Morgan fingerprint density at radius 2 is 1.82 bits per heavy atom. The van der Waals surface area contributed by atoms with Crippen LogP contribution >= 0.6 is 11.6 Å². The van der Waals surface area contributed by atoms with Gasteiger partial charge in [-0.15, -0.1) is 0 Å². The van der Waals surface area contributed by atoms with Crippen LogP contribution < -0.4 is 4.74 Å². The van der Waals surface area contributed by atoms with Crippen LogP contribution in [0.4, 0.5) is 0 Å². The molecule has 0 unspecified atom stereocenters. The molecule has 1 saturated heterocycles. The largest absolute Gasteiger partial charge is 0.457 e. The summed E-state index contributed by atoms with van der Waals surface area (Å²) in [6.45, 7) is 3.13. The smallest absolute Gasteiger partial charge is 0.128 e. The predicted molar refractivity (Wildman–Crippen MR) is 88.0 cm³/mol. The Kier molecular flexibility index (Phi) is 4.93. The number of halogens is 1. The van der Waals surface area contributed by atoms with Gasteiger partial charge in [0.15, 0.2) is 0 Å². The van der Waals surface area contributed by atoms with Crippen LogP contribution in [0.3, 0.4) is 0 Å². The zero-order valence-corrected chi connectivity index (χ0v) is 12.9. The molecular weight excluding hydrogens is 300 g/mol. The van der Waals surface area contributed by atoms with Crippen LogP contribution in [0.15, 0.2) is 53.6 Å². The highest BCUT2D eigenvalue weighted by Crippen LogP contribution is 2.23. The first kappa shape index (κ1) is 14.9. The molecule has 1 aliphatic heterocycles. The first-order chi connectivity index (χ1) is 10.8. The molecule has 0 aliphatic carbocycles. The highest BCUT2D eigenvalue weighted by Gasteiger charge is 2.06. The number of ether oxygens (including phenoxy) is 2. The minimum atomic E-state index is 0.693. The third kappa shape index (κ3) is 4.23. The van der Waals surface area contributed by atoms with Crippen molar-refractivity contribution in [2.24, 2.45) is 5.10 Å². The van der Waals surface area contributed by atoms with E-state index in [0.29, 0.717) is 5.02 Å². The standard InChI is InChI=1S/C17H17ClN2O2/c18-15-4-6-16(7-5-15)22-17-3-1-2-14(12-17)13-19-20-8-10-21-11-9-20/h1-7,12-13H,8-11H2/b19-13-. The molecule has 2 aromatic carbocycles. The molecule has 114 valence electrons. The number of hydrogen-bond donors (Lipinski definition) is 0. The number of benzene rings is 2. The molecule has 0 atom stereocenters. The molecule has 0 N–H and O–H groups in total. The monoisotopic (exact) mass is 316 g/mol. The zero-order valence-electron chi connectivity index (χ0n) is 12.1. The quantitative estimate of drug-likeness (QED) is 0.805. The summed E-state index contributed by atoms with van der Waals surface area (Å²) in [6, 6.07) is 15.1. The average molecular weight is 317 g/mol. The van der Waals surface area contributed by atoms with E-state index >= 15 is 0 Å². The van der Waals surface area contributed by atoms with Gasteiger partial charge in [-0.1, -0.05) is 23.7 Å². The number of hydrogen-bond acceptors (Lipinski definition) is 4. The molecule has 22 heavy (non-hydrogen) atoms. The summed E-state index contributed by atoms with van der Waals surface area (Å²) in [7, 11) is 0. The summed E-state index contributed by atoms with van der Waals surface area (Å²) < 4.78 is 11.1. The first-order valence-corrected chi connectivity index (χ1v) is 7.57. The van der Waals surface area contributed by atoms with E-state index in [9.17, 15) is 0 Å². The van der Waals surface area contributed by atoms with Gasteiger partial charge < -0.3 is 9.47 Å². The Hall–Kier alpha value is -2.04. The molecule has 4 nitrogen and oxygen atoms in total. The molecule has 1 heterocycles. The maximum absolute atomic E-state index is 5.87. The third-order valence-electron chi connectivity index (χ3n) is 3.27. The molecule has 0 spiro atoms. The van der Waals surface area contributed by atoms with Crippen molar-refractivity contribution in [3.8, 4) is 11.5 Å². The summed E-state index contributed by atoms with van der Waals surface area (Å²) in [5, 5.41) is 7.17. The molecule has 0 amide bonds. The number of hydrazone groups is 1. The van der Waals surface area contributed by atoms with E-state index in [1.807, 2.05) is 47.6 Å². The molecule has 3 rings (SSSR count). The van der Waals surface area contributed by atoms with Crippen LogP contribution in [0.1, 0.15) is 5.56 Å². The number of rotatable bonds is 4. The summed E-state index contributed by atoms with van der Waals surface area (Å²) in [5.74, 6) is 1.53. The van der Waals surface area contributed by atoms with Gasteiger partial charge >= 0.3 is 0 Å². The molecule has 0 aromatic heterocycles. The van der Waals surface area contributed by atoms with Crippen molar-refractivity contribution in [2.45, 2.75) is 0 Å². The molecule has 1 fully saturated rings. The molecule has 0 bridgehead atoms. The minimum Gasteiger partial charge on any atom is -0.457 e. The van der Waals surface area contributed by atoms with Crippen molar-refractivity contribution in [3.05, 3.63) is 59.1 Å². The van der Waals surface area contributed by atoms with E-state index in [1.165, 1.54) is 0 Å². The van der Waals surface area contributed by atoms with Crippen molar-refractivity contribution >= 4 is 17.8 Å². The molecule has 2 aromatic rings. The van der Waals surface area contributed by atoms with Gasteiger partial charge in [0, 0.05) is 5.02 Å². The van der Waals surface area contributed by atoms with E-state index in [4.69, 9.17) is 21.1 Å². The maximum atomic E-state index is 5.87. The van der Waals surface area contributed by atoms with E-state index in [-0.39, 0.29) is 0 Å². The van der Waals surface area contributed by atoms with Gasteiger partial charge in [-0.25, -0.2) is 0 Å². The Bertz CT molecular complexity index is 637. The Labute approximate surface area is 134 Å². The Morgan fingerprint density at radius 1 is 1.05 bits per heavy atom. The highest BCUT2D eigenvalue weighted by molar-refractivity contribution is 6.30. The fourth-order valence-electron chi connectivity index (χ4n) is 2.11. The third-order valence-corrected chi connectivity index (χ3v) is 3.52. The van der Waals surface area contributed by atoms with Gasteiger partial charge in [0.25, 0.3) is 0 Å². The second-order valence-electron chi connectivity index (χ2n) is 4.94. The van der Waals surface area contributed by atoms with Crippen molar-refractivity contribution in [3.63, 3.8) is 0 Å². The van der Waals surface area contributed by atoms with Crippen molar-refractivity contribution in [1.29, 1.82) is 0 Å². The van der Waals surface area contributed by atoms with Crippen LogP contribution in [0, 0.1) is 0 Å². The summed E-state index contributed by atoms with van der Waals surface area (Å²) in [4.78, 5) is 0. The highest BCUT2D eigenvalue weighted by atomic mass is 35.5. The van der Waals surface area contributed by atoms with Gasteiger partial charge in [-0.05, 0) is 42.0 Å². The Balaban J connectivity index is 1.66. The minimum absolute atomic E-state index is 0.693. The van der Waals surface area contributed by atoms with Crippen LogP contribution in [0.25, 0.3) is 0 Å². The zero-order chi connectivity index (χ0) is 15.2. The van der Waals surface area contributed by atoms with Crippen LogP contribution in [0.2, 0.25) is 5.02 Å². The van der Waals surface area contributed by atoms with Crippen LogP contribution in [0.5, 0.6) is 11.5 Å². The molecule has 0 radical (unpaired) electrons. The van der Waals surface area contributed by atoms with Gasteiger partial charge in [0.1, 0.15) is 11.5 Å². The maximum Gasteiger partial charge on any atom is 0.128 e. The van der Waals surface area contributed by atoms with Crippen LogP contribution in [-0.4, -0.2) is 37.5 Å². The first-order valence-electron chi connectivity index (χ1n) is 7.20. The van der Waals surface area contributed by atoms with E-state index in [1.54, 1.807) is 12.1 Å². The molecule has 5 heteroatoms. The lowest BCUT2D eigenvalue weighted by atomic mass is 10.2. The van der Waals surface area contributed by atoms with Gasteiger partial charge in [0.05, 0.1) is 32.5 Å². The summed E-state index contributed by atoms with van der Waals surface area (Å²) >= 11 is 5.87. The fraction of sp³-hybridized carbons (Fsp3) is 0.235. The van der Waals surface area contributed by atoms with Crippen molar-refractivity contribution in [2.75, 3.05) is 26.3 Å². The second-order valence-corrected chi connectivity index (χ2v) is 5.38. The molecule has 1 aliphatic rings. The van der Waals surface area contributed by atoms with Crippen molar-refractivity contribution < 1.29 is 9.47 Å². The molecular formula is C17H17ClN2O2. The molecule has 0 saturated carbocycles. The summed E-state index contributed by atoms with van der Waals surface area (Å²) in [6.07, 6.45) is 1.85. The van der Waals surface area contributed by atoms with Gasteiger partial charge in [0.2, 0.25) is 0 Å². The summed E-state index contributed by atoms with van der Waals surface area (Å²) in [5.41, 5.74) is 0.998. The van der Waals surface area contributed by atoms with E-state index in [2.05, 4.69) is 5.10 Å². The lowest BCUT2D eigenvalue weighted by Gasteiger charge is -2.23. The lowest BCUT2D eigenvalue weighted by Crippen LogP contribution is -2.32. The lowest BCUT2D eigenvalue weighted by molar-refractivity contribution is 0.0397. The van der Waals surface area contributed by atoms with Crippen LogP contribution in [-0.2, 0) is 4.74 Å². The van der Waals surface area contributed by atoms with E-state index in [0.717, 1.165) is 43.4 Å². The fourth-order valence-corrected chi connectivity index (χ4v) is 2.24. The predicted octanol–water partition coefficient (Wildman–Crippen LogP) is 3.80. The van der Waals surface area contributed by atoms with E-state index < -0.39 is 0 Å². The normalized spacial score (nSPS) is 15.2. The SMILES string of the molecule is Clc1ccc(Oc2cccc(/C=N\N3CCOCC3)c2)cc1. The van der Waals surface area contributed by atoms with Crippen molar-refractivity contribution in [1.82, 2.24) is 5.01 Å².